The van der Waals surface area contributed by atoms with Gasteiger partial charge in [0.1, 0.15) is 6.10 Å². The van der Waals surface area contributed by atoms with Gasteiger partial charge in [-0.05, 0) is 45.6 Å². The number of nitrogens with zero attached hydrogens (tertiary/aromatic N) is 1. The molecule has 0 amide bonds. The van der Waals surface area contributed by atoms with Crippen LogP contribution in [0.3, 0.4) is 0 Å². The fraction of sp³-hybridized carbons (Fsp3) is 0.760. The van der Waals surface area contributed by atoms with Crippen molar-refractivity contribution in [3.8, 4) is 0 Å². The van der Waals surface area contributed by atoms with Gasteiger partial charge in [-0.1, -0.05) is 63.9 Å². The number of ether oxygens (including phenoxy) is 2. The summed E-state index contributed by atoms with van der Waals surface area (Å²) < 4.78 is 13.0. The van der Waals surface area contributed by atoms with Gasteiger partial charge in [0, 0.05) is 18.4 Å². The largest absolute Gasteiger partial charge is 0.347 e. The molecule has 164 valence electrons. The van der Waals surface area contributed by atoms with Crippen molar-refractivity contribution in [3.63, 3.8) is 0 Å². The number of benzene rings is 1. The molecule has 1 aromatic carbocycles. The van der Waals surface area contributed by atoms with Crippen LogP contribution in [0.5, 0.6) is 0 Å². The normalized spacial score (nSPS) is 29.9. The maximum Gasteiger partial charge on any atom is 0.172 e. The van der Waals surface area contributed by atoms with Crippen molar-refractivity contribution in [2.24, 2.45) is 0 Å². The van der Waals surface area contributed by atoms with E-state index >= 15 is 0 Å². The lowest BCUT2D eigenvalue weighted by molar-refractivity contribution is -0.359. The highest BCUT2D eigenvalue weighted by atomic mass is 16.7. The van der Waals surface area contributed by atoms with Crippen molar-refractivity contribution in [3.05, 3.63) is 35.9 Å². The van der Waals surface area contributed by atoms with E-state index in [9.17, 15) is 0 Å². The van der Waals surface area contributed by atoms with Crippen LogP contribution in [0.15, 0.2) is 30.3 Å². The van der Waals surface area contributed by atoms with Gasteiger partial charge < -0.3 is 9.47 Å². The van der Waals surface area contributed by atoms with Crippen molar-refractivity contribution < 1.29 is 14.3 Å². The zero-order valence-corrected chi connectivity index (χ0v) is 19.4. The maximum atomic E-state index is 6.71. The van der Waals surface area contributed by atoms with Gasteiger partial charge in [0.2, 0.25) is 0 Å². The second-order valence-electron chi connectivity index (χ2n) is 9.65. The molecule has 2 saturated heterocycles. The highest BCUT2D eigenvalue weighted by Crippen LogP contribution is 2.52. The Morgan fingerprint density at radius 3 is 2.41 bits per heavy atom. The minimum absolute atomic E-state index is 0.00437. The molecule has 0 saturated carbocycles. The molecular formula is C25H41NO3. The molecule has 4 nitrogen and oxygen atoms in total. The zero-order chi connectivity index (χ0) is 21.1. The second kappa shape index (κ2) is 9.05. The molecular weight excluding hydrogens is 362 g/mol. The third-order valence-corrected chi connectivity index (χ3v) is 6.92. The summed E-state index contributed by atoms with van der Waals surface area (Å²) in [6.45, 7) is 14.2. The van der Waals surface area contributed by atoms with Crippen molar-refractivity contribution in [2.45, 2.75) is 116 Å². The average Bonchev–Trinajstić information content (AvgIpc) is 3.10. The van der Waals surface area contributed by atoms with E-state index in [0.717, 1.165) is 38.7 Å². The maximum absolute atomic E-state index is 6.71. The van der Waals surface area contributed by atoms with E-state index in [2.05, 4.69) is 76.9 Å². The van der Waals surface area contributed by atoms with E-state index < -0.39 is 5.79 Å². The fourth-order valence-electron chi connectivity index (χ4n) is 5.37. The molecule has 1 spiro atoms. The van der Waals surface area contributed by atoms with Crippen molar-refractivity contribution in [2.75, 3.05) is 6.61 Å². The summed E-state index contributed by atoms with van der Waals surface area (Å²) in [4.78, 5) is 6.71. The van der Waals surface area contributed by atoms with Crippen LogP contribution in [-0.4, -0.2) is 34.6 Å². The van der Waals surface area contributed by atoms with E-state index in [1.54, 1.807) is 0 Å². The fourth-order valence-corrected chi connectivity index (χ4v) is 5.37. The molecule has 0 aliphatic carbocycles. The molecule has 2 aliphatic rings. The molecule has 3 rings (SSSR count). The number of unbranched alkanes of at least 4 members (excludes halogenated alkanes) is 1. The third-order valence-electron chi connectivity index (χ3n) is 6.92. The number of hydrogen-bond acceptors (Lipinski definition) is 4. The topological polar surface area (TPSA) is 30.9 Å². The third kappa shape index (κ3) is 4.71. The Bertz CT molecular complexity index is 643. The minimum atomic E-state index is -0.482. The van der Waals surface area contributed by atoms with Gasteiger partial charge in [-0.15, -0.1) is 0 Å². The summed E-state index contributed by atoms with van der Waals surface area (Å²) in [5.74, 6) is -0.482. The first kappa shape index (κ1) is 22.7. The number of hydrogen-bond donors (Lipinski definition) is 0. The SMILES string of the molecule is CCCCC1COC2(CC(C)(C)N(OC(C)c3ccccc3)C(CC)(CC)C2)O1. The highest BCUT2D eigenvalue weighted by Gasteiger charge is 2.59. The molecule has 3 unspecified atom stereocenters. The van der Waals surface area contributed by atoms with Gasteiger partial charge in [0.25, 0.3) is 0 Å². The van der Waals surface area contributed by atoms with Crippen LogP contribution in [0.1, 0.15) is 98.2 Å². The van der Waals surface area contributed by atoms with Crippen LogP contribution in [-0.2, 0) is 14.3 Å². The lowest BCUT2D eigenvalue weighted by Crippen LogP contribution is -2.67. The molecule has 0 aromatic heterocycles. The van der Waals surface area contributed by atoms with E-state index in [-0.39, 0.29) is 23.3 Å². The Morgan fingerprint density at radius 2 is 1.79 bits per heavy atom. The van der Waals surface area contributed by atoms with Gasteiger partial charge in [-0.2, -0.15) is 5.06 Å². The van der Waals surface area contributed by atoms with E-state index in [4.69, 9.17) is 14.3 Å². The Labute approximate surface area is 177 Å². The Hall–Kier alpha value is -0.940. The summed E-state index contributed by atoms with van der Waals surface area (Å²) in [6.07, 6.45) is 7.42. The molecule has 0 N–H and O–H groups in total. The molecule has 2 aliphatic heterocycles. The minimum Gasteiger partial charge on any atom is -0.347 e. The molecule has 4 heteroatoms. The molecule has 0 bridgehead atoms. The summed E-state index contributed by atoms with van der Waals surface area (Å²) in [6, 6.07) is 10.5. The standard InChI is InChI=1S/C25H41NO3/c1-7-10-16-22-17-27-25(28-22)18-23(5,6)26(24(8-2,9-3)19-25)29-20(4)21-14-12-11-13-15-21/h11-15,20,22H,7-10,16-19H2,1-6H3. The predicted molar refractivity (Wildman–Crippen MR) is 117 cm³/mol. The average molecular weight is 404 g/mol. The predicted octanol–water partition coefficient (Wildman–Crippen LogP) is 6.41. The molecule has 1 aromatic rings. The van der Waals surface area contributed by atoms with Gasteiger partial charge in [0.15, 0.2) is 5.79 Å². The lowest BCUT2D eigenvalue weighted by atomic mass is 9.73. The summed E-state index contributed by atoms with van der Waals surface area (Å²) in [5, 5.41) is 2.30. The van der Waals surface area contributed by atoms with E-state index in [0.29, 0.717) is 0 Å². The second-order valence-corrected chi connectivity index (χ2v) is 9.65. The van der Waals surface area contributed by atoms with Gasteiger partial charge in [-0.3, -0.25) is 4.84 Å². The molecule has 29 heavy (non-hydrogen) atoms. The van der Waals surface area contributed by atoms with Gasteiger partial charge in [-0.25, -0.2) is 0 Å². The van der Waals surface area contributed by atoms with Crippen LogP contribution in [0.4, 0.5) is 0 Å². The summed E-state index contributed by atoms with van der Waals surface area (Å²) in [7, 11) is 0. The molecule has 2 fully saturated rings. The van der Waals surface area contributed by atoms with Crippen LogP contribution in [0.25, 0.3) is 0 Å². The summed E-state index contributed by atoms with van der Waals surface area (Å²) >= 11 is 0. The van der Waals surface area contributed by atoms with Gasteiger partial charge >= 0.3 is 0 Å². The van der Waals surface area contributed by atoms with Gasteiger partial charge in [0.05, 0.1) is 18.2 Å². The van der Waals surface area contributed by atoms with Crippen LogP contribution in [0, 0.1) is 0 Å². The number of piperidine rings is 1. The zero-order valence-electron chi connectivity index (χ0n) is 19.4. The first-order valence-electron chi connectivity index (χ1n) is 11.6. The number of hydroxylamine groups is 2. The summed E-state index contributed by atoms with van der Waals surface area (Å²) in [5.41, 5.74) is 0.912. The van der Waals surface area contributed by atoms with Crippen LogP contribution < -0.4 is 0 Å². The van der Waals surface area contributed by atoms with Crippen molar-refractivity contribution >= 4 is 0 Å². The highest BCUT2D eigenvalue weighted by molar-refractivity contribution is 5.17. The Morgan fingerprint density at radius 1 is 1.10 bits per heavy atom. The van der Waals surface area contributed by atoms with Crippen LogP contribution >= 0.6 is 0 Å². The first-order chi connectivity index (χ1) is 13.8. The smallest absolute Gasteiger partial charge is 0.172 e. The molecule has 3 atom stereocenters. The van der Waals surface area contributed by atoms with E-state index in [1.165, 1.54) is 18.4 Å². The van der Waals surface area contributed by atoms with Crippen molar-refractivity contribution in [1.29, 1.82) is 0 Å². The van der Waals surface area contributed by atoms with Crippen LogP contribution in [0.2, 0.25) is 0 Å². The molecule has 2 heterocycles. The Balaban J connectivity index is 1.83. The Kier molecular flexibility index (Phi) is 7.10. The molecule has 0 radical (unpaired) electrons. The van der Waals surface area contributed by atoms with E-state index in [1.807, 2.05) is 0 Å². The quantitative estimate of drug-likeness (QED) is 0.501. The number of rotatable bonds is 8. The van der Waals surface area contributed by atoms with Crippen molar-refractivity contribution in [1.82, 2.24) is 5.06 Å². The first-order valence-corrected chi connectivity index (χ1v) is 11.6. The lowest BCUT2D eigenvalue weighted by Gasteiger charge is -2.59. The monoisotopic (exact) mass is 403 g/mol.